The number of rotatable bonds is 4. The summed E-state index contributed by atoms with van der Waals surface area (Å²) in [5.74, 6) is -1.13. The molecule has 6 heteroatoms. The quantitative estimate of drug-likeness (QED) is 0.882. The smallest absolute Gasteiger partial charge is 0.250 e. The van der Waals surface area contributed by atoms with Crippen LogP contribution in [0.4, 0.5) is 5.69 Å². The summed E-state index contributed by atoms with van der Waals surface area (Å²) in [5, 5.41) is 2.75. The Bertz CT molecular complexity index is 638. The molecule has 2 fully saturated rings. The summed E-state index contributed by atoms with van der Waals surface area (Å²) in [5.41, 5.74) is 5.99. The van der Waals surface area contributed by atoms with Gasteiger partial charge >= 0.3 is 0 Å². The van der Waals surface area contributed by atoms with Crippen LogP contribution in [-0.2, 0) is 9.59 Å². The Balaban J connectivity index is 1.67. The maximum absolute atomic E-state index is 12.5. The lowest BCUT2D eigenvalue weighted by Crippen LogP contribution is -2.35. The molecule has 1 aromatic rings. The fourth-order valence-corrected chi connectivity index (χ4v) is 3.52. The van der Waals surface area contributed by atoms with Crippen molar-refractivity contribution in [3.8, 4) is 0 Å². The lowest BCUT2D eigenvalue weighted by Gasteiger charge is -2.23. The van der Waals surface area contributed by atoms with Gasteiger partial charge in [-0.15, -0.1) is 0 Å². The van der Waals surface area contributed by atoms with Gasteiger partial charge in [0.05, 0.1) is 17.2 Å². The summed E-state index contributed by atoms with van der Waals surface area (Å²) in [7, 11) is 0. The largest absolute Gasteiger partial charge is 0.366 e. The number of primary amides is 1. The number of carbonyl (C=O) groups excluding carboxylic acids is 3. The monoisotopic (exact) mass is 315 g/mol. The standard InChI is InChI=1S/C17H21N3O3/c18-16(22)13-7-3-4-8-14(13)19-17(23)11-9-15(21)20(10-11)12-5-1-2-6-12/h3-4,7-8,11-12H,1-2,5-6,9-10H2,(H2,18,22)(H,19,23)/t11-/m0/s1. The van der Waals surface area contributed by atoms with Crippen molar-refractivity contribution in [3.63, 3.8) is 0 Å². The highest BCUT2D eigenvalue weighted by Crippen LogP contribution is 2.30. The Labute approximate surface area is 135 Å². The molecule has 23 heavy (non-hydrogen) atoms. The Morgan fingerprint density at radius 3 is 2.57 bits per heavy atom. The molecule has 0 bridgehead atoms. The van der Waals surface area contributed by atoms with Crippen LogP contribution in [0.15, 0.2) is 24.3 Å². The van der Waals surface area contributed by atoms with Crippen molar-refractivity contribution >= 4 is 23.4 Å². The molecule has 1 aliphatic carbocycles. The Hall–Kier alpha value is -2.37. The van der Waals surface area contributed by atoms with Crippen LogP contribution in [0.1, 0.15) is 42.5 Å². The van der Waals surface area contributed by atoms with Gasteiger partial charge in [0.1, 0.15) is 0 Å². The van der Waals surface area contributed by atoms with Crippen molar-refractivity contribution in [3.05, 3.63) is 29.8 Å². The van der Waals surface area contributed by atoms with Gasteiger partial charge in [-0.3, -0.25) is 14.4 Å². The Morgan fingerprint density at radius 2 is 1.87 bits per heavy atom. The summed E-state index contributed by atoms with van der Waals surface area (Å²) >= 11 is 0. The van der Waals surface area contributed by atoms with E-state index in [1.807, 2.05) is 4.90 Å². The first kappa shape index (κ1) is 15.5. The molecule has 3 amide bonds. The highest BCUT2D eigenvalue weighted by Gasteiger charge is 2.38. The summed E-state index contributed by atoms with van der Waals surface area (Å²) in [6.45, 7) is 0.466. The third kappa shape index (κ3) is 3.21. The van der Waals surface area contributed by atoms with E-state index < -0.39 is 5.91 Å². The number of benzene rings is 1. The normalized spacial score (nSPS) is 21.7. The first-order valence-electron chi connectivity index (χ1n) is 8.05. The van der Waals surface area contributed by atoms with E-state index >= 15 is 0 Å². The third-order valence-electron chi connectivity index (χ3n) is 4.75. The van der Waals surface area contributed by atoms with E-state index in [1.54, 1.807) is 24.3 Å². The third-order valence-corrected chi connectivity index (χ3v) is 4.75. The second-order valence-electron chi connectivity index (χ2n) is 6.28. The maximum Gasteiger partial charge on any atom is 0.250 e. The molecule has 1 heterocycles. The van der Waals surface area contributed by atoms with Crippen molar-refractivity contribution in [2.24, 2.45) is 11.7 Å². The minimum Gasteiger partial charge on any atom is -0.366 e. The minimum absolute atomic E-state index is 0.0558. The van der Waals surface area contributed by atoms with Gasteiger partial charge in [-0.05, 0) is 25.0 Å². The molecule has 3 rings (SSSR count). The van der Waals surface area contributed by atoms with Crippen LogP contribution < -0.4 is 11.1 Å². The van der Waals surface area contributed by atoms with Gasteiger partial charge in [0.15, 0.2) is 0 Å². The minimum atomic E-state index is -0.587. The molecule has 2 aliphatic rings. The molecule has 1 aliphatic heterocycles. The van der Waals surface area contributed by atoms with E-state index in [4.69, 9.17) is 5.73 Å². The lowest BCUT2D eigenvalue weighted by molar-refractivity contribution is -0.129. The zero-order valence-corrected chi connectivity index (χ0v) is 13.0. The van der Waals surface area contributed by atoms with Crippen molar-refractivity contribution in [1.82, 2.24) is 4.90 Å². The van der Waals surface area contributed by atoms with Crippen LogP contribution in [0, 0.1) is 5.92 Å². The summed E-state index contributed by atoms with van der Waals surface area (Å²) in [6.07, 6.45) is 4.60. The first-order chi connectivity index (χ1) is 11.1. The number of nitrogens with one attached hydrogen (secondary N) is 1. The summed E-state index contributed by atoms with van der Waals surface area (Å²) < 4.78 is 0. The summed E-state index contributed by atoms with van der Waals surface area (Å²) in [6, 6.07) is 6.92. The zero-order valence-electron chi connectivity index (χ0n) is 13.0. The van der Waals surface area contributed by atoms with E-state index in [2.05, 4.69) is 5.32 Å². The summed E-state index contributed by atoms with van der Waals surface area (Å²) in [4.78, 5) is 37.9. The molecule has 1 saturated carbocycles. The number of nitrogens with two attached hydrogens (primary N) is 1. The van der Waals surface area contributed by atoms with Gasteiger partial charge in [0.2, 0.25) is 11.8 Å². The molecule has 0 aromatic heterocycles. The average Bonchev–Trinajstić information content (AvgIpc) is 3.16. The maximum atomic E-state index is 12.5. The number of likely N-dealkylation sites (tertiary alicyclic amines) is 1. The molecule has 3 N–H and O–H groups in total. The second kappa shape index (κ2) is 6.40. The van der Waals surface area contributed by atoms with Crippen LogP contribution in [-0.4, -0.2) is 35.2 Å². The number of hydrogen-bond acceptors (Lipinski definition) is 3. The van der Waals surface area contributed by atoms with Gasteiger partial charge < -0.3 is 16.0 Å². The fourth-order valence-electron chi connectivity index (χ4n) is 3.52. The molecule has 0 spiro atoms. The Kier molecular flexibility index (Phi) is 4.32. The van der Waals surface area contributed by atoms with Gasteiger partial charge in [0.25, 0.3) is 5.91 Å². The number of hydrogen-bond donors (Lipinski definition) is 2. The zero-order chi connectivity index (χ0) is 16.4. The van der Waals surface area contributed by atoms with E-state index in [0.29, 0.717) is 18.3 Å². The van der Waals surface area contributed by atoms with E-state index in [1.165, 1.54) is 0 Å². The number of amides is 3. The van der Waals surface area contributed by atoms with Crippen LogP contribution >= 0.6 is 0 Å². The van der Waals surface area contributed by atoms with Gasteiger partial charge in [0, 0.05) is 19.0 Å². The second-order valence-corrected chi connectivity index (χ2v) is 6.28. The lowest BCUT2D eigenvalue weighted by atomic mass is 10.1. The van der Waals surface area contributed by atoms with Crippen LogP contribution in [0.3, 0.4) is 0 Å². The molecule has 0 unspecified atom stereocenters. The molecule has 1 aromatic carbocycles. The molecule has 1 saturated heterocycles. The van der Waals surface area contributed by atoms with Crippen molar-refractivity contribution in [1.29, 1.82) is 0 Å². The van der Waals surface area contributed by atoms with Crippen LogP contribution in [0.5, 0.6) is 0 Å². The average molecular weight is 315 g/mol. The van der Waals surface area contributed by atoms with Crippen LogP contribution in [0.2, 0.25) is 0 Å². The fraction of sp³-hybridized carbons (Fsp3) is 0.471. The number of para-hydroxylation sites is 1. The van der Waals surface area contributed by atoms with Gasteiger partial charge in [-0.25, -0.2) is 0 Å². The van der Waals surface area contributed by atoms with E-state index in [0.717, 1.165) is 25.7 Å². The Morgan fingerprint density at radius 1 is 1.17 bits per heavy atom. The highest BCUT2D eigenvalue weighted by atomic mass is 16.2. The van der Waals surface area contributed by atoms with Gasteiger partial charge in [-0.2, -0.15) is 0 Å². The SMILES string of the molecule is NC(=O)c1ccccc1NC(=O)[C@H]1CC(=O)N(C2CCCC2)C1. The molecular formula is C17H21N3O3. The number of carbonyl (C=O) groups is 3. The molecule has 122 valence electrons. The predicted molar refractivity (Wildman–Crippen MR) is 85.7 cm³/mol. The molecular weight excluding hydrogens is 294 g/mol. The van der Waals surface area contributed by atoms with E-state index in [9.17, 15) is 14.4 Å². The highest BCUT2D eigenvalue weighted by molar-refractivity contribution is 6.04. The number of anilines is 1. The molecule has 6 nitrogen and oxygen atoms in total. The topological polar surface area (TPSA) is 92.5 Å². The van der Waals surface area contributed by atoms with Crippen molar-refractivity contribution < 1.29 is 14.4 Å². The first-order valence-corrected chi connectivity index (χ1v) is 8.05. The van der Waals surface area contributed by atoms with Crippen molar-refractivity contribution in [2.45, 2.75) is 38.1 Å². The van der Waals surface area contributed by atoms with Crippen molar-refractivity contribution in [2.75, 3.05) is 11.9 Å². The van der Waals surface area contributed by atoms with Crippen LogP contribution in [0.25, 0.3) is 0 Å². The number of nitrogens with zero attached hydrogens (tertiary/aromatic N) is 1. The van der Waals surface area contributed by atoms with Gasteiger partial charge in [-0.1, -0.05) is 25.0 Å². The molecule has 0 radical (unpaired) electrons. The molecule has 1 atom stereocenters. The van der Waals surface area contributed by atoms with E-state index in [-0.39, 0.29) is 29.7 Å². The predicted octanol–water partition coefficient (Wildman–Crippen LogP) is 1.52.